The van der Waals surface area contributed by atoms with Gasteiger partial charge in [-0.3, -0.25) is 0 Å². The average Bonchev–Trinajstić information content (AvgIpc) is 2.40. The zero-order valence-corrected chi connectivity index (χ0v) is 9.50. The van der Waals surface area contributed by atoms with Crippen LogP contribution in [0.2, 0.25) is 0 Å². The van der Waals surface area contributed by atoms with Crippen LogP contribution in [0.15, 0.2) is 0 Å². The summed E-state index contributed by atoms with van der Waals surface area (Å²) in [6, 6.07) is 0.327. The number of nitrogens with two attached hydrogens (primary N) is 1. The first-order chi connectivity index (χ1) is 6.79. The smallest absolute Gasteiger partial charge is 0.0575 e. The molecule has 0 radical (unpaired) electrons. The van der Waals surface area contributed by atoms with E-state index >= 15 is 0 Å². The summed E-state index contributed by atoms with van der Waals surface area (Å²) in [5, 5.41) is 0. The molecule has 0 bridgehead atoms. The van der Waals surface area contributed by atoms with Crippen molar-refractivity contribution in [2.45, 2.75) is 70.4 Å². The summed E-state index contributed by atoms with van der Waals surface area (Å²) in [6.45, 7) is 2.97. The predicted molar refractivity (Wildman–Crippen MR) is 60.3 cm³/mol. The Hall–Kier alpha value is -0.0800. The minimum absolute atomic E-state index is 0.327. The van der Waals surface area contributed by atoms with Crippen molar-refractivity contribution in [2.24, 2.45) is 5.73 Å². The molecule has 0 aromatic carbocycles. The molecule has 0 saturated heterocycles. The largest absolute Gasteiger partial charge is 0.378 e. The van der Waals surface area contributed by atoms with Gasteiger partial charge in [-0.15, -0.1) is 0 Å². The van der Waals surface area contributed by atoms with Crippen molar-refractivity contribution < 1.29 is 4.74 Å². The number of hydrogen-bond donors (Lipinski definition) is 1. The van der Waals surface area contributed by atoms with Gasteiger partial charge in [0.25, 0.3) is 0 Å². The predicted octanol–water partition coefficient (Wildman–Crippen LogP) is 2.85. The monoisotopic (exact) mass is 199 g/mol. The van der Waals surface area contributed by atoms with E-state index in [2.05, 4.69) is 6.92 Å². The molecule has 0 heterocycles. The van der Waals surface area contributed by atoms with Crippen LogP contribution in [0.4, 0.5) is 0 Å². The maximum absolute atomic E-state index is 5.86. The first kappa shape index (κ1) is 12.0. The highest BCUT2D eigenvalue weighted by Gasteiger charge is 2.11. The van der Waals surface area contributed by atoms with Gasteiger partial charge in [-0.05, 0) is 32.6 Å². The lowest BCUT2D eigenvalue weighted by Gasteiger charge is -2.15. The first-order valence-electron chi connectivity index (χ1n) is 6.16. The van der Waals surface area contributed by atoms with Gasteiger partial charge in [-0.1, -0.05) is 25.7 Å². The molecule has 14 heavy (non-hydrogen) atoms. The molecule has 1 aliphatic carbocycles. The quantitative estimate of drug-likeness (QED) is 0.546. The second-order valence-corrected chi connectivity index (χ2v) is 4.60. The Kier molecular flexibility index (Phi) is 6.20. The summed E-state index contributed by atoms with van der Waals surface area (Å²) in [4.78, 5) is 0. The Labute approximate surface area is 88.2 Å². The third-order valence-corrected chi connectivity index (χ3v) is 2.96. The van der Waals surface area contributed by atoms with E-state index < -0.39 is 0 Å². The fourth-order valence-electron chi connectivity index (χ4n) is 2.06. The van der Waals surface area contributed by atoms with Crippen molar-refractivity contribution in [1.82, 2.24) is 0 Å². The second-order valence-electron chi connectivity index (χ2n) is 4.60. The van der Waals surface area contributed by atoms with Crippen LogP contribution in [-0.4, -0.2) is 18.8 Å². The van der Waals surface area contributed by atoms with Gasteiger partial charge in [0.15, 0.2) is 0 Å². The fourth-order valence-corrected chi connectivity index (χ4v) is 2.06. The number of ether oxygens (including phenoxy) is 1. The Balaban J connectivity index is 1.99. The van der Waals surface area contributed by atoms with E-state index in [4.69, 9.17) is 10.5 Å². The van der Waals surface area contributed by atoms with Crippen LogP contribution in [0.5, 0.6) is 0 Å². The highest BCUT2D eigenvalue weighted by atomic mass is 16.5. The topological polar surface area (TPSA) is 35.2 Å². The minimum atomic E-state index is 0.327. The van der Waals surface area contributed by atoms with Crippen molar-refractivity contribution in [3.8, 4) is 0 Å². The molecule has 0 aromatic rings. The normalized spacial score (nSPS) is 21.9. The van der Waals surface area contributed by atoms with Crippen molar-refractivity contribution in [1.29, 1.82) is 0 Å². The SMILES string of the molecule is CC(N)CCCOC1CCCCCC1. The maximum atomic E-state index is 5.86. The van der Waals surface area contributed by atoms with Crippen molar-refractivity contribution >= 4 is 0 Å². The van der Waals surface area contributed by atoms with Crippen LogP contribution in [0, 0.1) is 0 Å². The Morgan fingerprint density at radius 2 is 1.86 bits per heavy atom. The lowest BCUT2D eigenvalue weighted by atomic mass is 10.1. The van der Waals surface area contributed by atoms with E-state index in [0.717, 1.165) is 19.4 Å². The van der Waals surface area contributed by atoms with E-state index in [1.165, 1.54) is 38.5 Å². The minimum Gasteiger partial charge on any atom is -0.378 e. The summed E-state index contributed by atoms with van der Waals surface area (Å²) in [6.07, 6.45) is 10.8. The molecule has 0 aromatic heterocycles. The van der Waals surface area contributed by atoms with Gasteiger partial charge in [0, 0.05) is 12.6 Å². The molecule has 2 N–H and O–H groups in total. The Morgan fingerprint density at radius 3 is 2.43 bits per heavy atom. The molecule has 1 unspecified atom stereocenters. The van der Waals surface area contributed by atoms with Crippen molar-refractivity contribution in [2.75, 3.05) is 6.61 Å². The lowest BCUT2D eigenvalue weighted by molar-refractivity contribution is 0.0405. The van der Waals surface area contributed by atoms with Crippen molar-refractivity contribution in [3.63, 3.8) is 0 Å². The molecule has 1 fully saturated rings. The first-order valence-corrected chi connectivity index (χ1v) is 6.16. The summed E-state index contributed by atoms with van der Waals surface area (Å²) in [5.41, 5.74) is 5.68. The van der Waals surface area contributed by atoms with Crippen LogP contribution in [0.1, 0.15) is 58.3 Å². The highest BCUT2D eigenvalue weighted by Crippen LogP contribution is 2.19. The van der Waals surface area contributed by atoms with E-state index in [1.807, 2.05) is 0 Å². The fraction of sp³-hybridized carbons (Fsp3) is 1.00. The van der Waals surface area contributed by atoms with Gasteiger partial charge < -0.3 is 10.5 Å². The second kappa shape index (κ2) is 7.24. The Bertz CT molecular complexity index is 128. The van der Waals surface area contributed by atoms with Gasteiger partial charge >= 0.3 is 0 Å². The highest BCUT2D eigenvalue weighted by molar-refractivity contribution is 4.64. The average molecular weight is 199 g/mol. The molecule has 0 amide bonds. The summed E-state index contributed by atoms with van der Waals surface area (Å²) in [5.74, 6) is 0. The molecule has 1 saturated carbocycles. The molecular formula is C12H25NO. The third-order valence-electron chi connectivity index (χ3n) is 2.96. The van der Waals surface area contributed by atoms with E-state index in [1.54, 1.807) is 0 Å². The summed E-state index contributed by atoms with van der Waals surface area (Å²) < 4.78 is 5.86. The molecule has 2 heteroatoms. The molecule has 2 nitrogen and oxygen atoms in total. The van der Waals surface area contributed by atoms with Crippen LogP contribution in [0.3, 0.4) is 0 Å². The van der Waals surface area contributed by atoms with Gasteiger partial charge in [-0.2, -0.15) is 0 Å². The van der Waals surface area contributed by atoms with Gasteiger partial charge in [-0.25, -0.2) is 0 Å². The zero-order chi connectivity index (χ0) is 10.2. The molecule has 1 atom stereocenters. The lowest BCUT2D eigenvalue weighted by Crippen LogP contribution is -2.17. The van der Waals surface area contributed by atoms with E-state index in [-0.39, 0.29) is 0 Å². The molecular weight excluding hydrogens is 174 g/mol. The summed E-state index contributed by atoms with van der Waals surface area (Å²) in [7, 11) is 0. The maximum Gasteiger partial charge on any atom is 0.0575 e. The molecule has 0 aliphatic heterocycles. The summed E-state index contributed by atoms with van der Waals surface area (Å²) >= 11 is 0. The van der Waals surface area contributed by atoms with Gasteiger partial charge in [0.1, 0.15) is 0 Å². The van der Waals surface area contributed by atoms with Gasteiger partial charge in [0.2, 0.25) is 0 Å². The number of hydrogen-bond acceptors (Lipinski definition) is 2. The molecule has 84 valence electrons. The third kappa shape index (κ3) is 5.61. The van der Waals surface area contributed by atoms with Crippen LogP contribution in [-0.2, 0) is 4.74 Å². The molecule has 0 spiro atoms. The van der Waals surface area contributed by atoms with Gasteiger partial charge in [0.05, 0.1) is 6.10 Å². The van der Waals surface area contributed by atoms with E-state index in [0.29, 0.717) is 12.1 Å². The van der Waals surface area contributed by atoms with E-state index in [9.17, 15) is 0 Å². The van der Waals surface area contributed by atoms with Crippen molar-refractivity contribution in [3.05, 3.63) is 0 Å². The standard InChI is InChI=1S/C12H25NO/c1-11(13)7-6-10-14-12-8-4-2-3-5-9-12/h11-12H,2-10,13H2,1H3. The Morgan fingerprint density at radius 1 is 1.21 bits per heavy atom. The zero-order valence-electron chi connectivity index (χ0n) is 9.50. The molecule has 1 aliphatic rings. The van der Waals surface area contributed by atoms with Crippen LogP contribution >= 0.6 is 0 Å². The number of rotatable bonds is 5. The van der Waals surface area contributed by atoms with Crippen LogP contribution < -0.4 is 5.73 Å². The molecule has 1 rings (SSSR count). The van der Waals surface area contributed by atoms with Crippen LogP contribution in [0.25, 0.3) is 0 Å².